The molecule has 94 valence electrons. The molecule has 2 heterocycles. The van der Waals surface area contributed by atoms with E-state index in [1.165, 1.54) is 10.4 Å². The van der Waals surface area contributed by atoms with Gasteiger partial charge in [0, 0.05) is 32.1 Å². The molecule has 0 spiro atoms. The number of hydrogen-bond donors (Lipinski definition) is 1. The zero-order valence-corrected chi connectivity index (χ0v) is 11.4. The third-order valence-electron chi connectivity index (χ3n) is 3.23. The zero-order chi connectivity index (χ0) is 12.6. The van der Waals surface area contributed by atoms with Gasteiger partial charge in [0.15, 0.2) is 0 Å². The van der Waals surface area contributed by atoms with Gasteiger partial charge in [0.1, 0.15) is 0 Å². The van der Waals surface area contributed by atoms with Crippen molar-refractivity contribution in [3.63, 3.8) is 0 Å². The Morgan fingerprint density at radius 2 is 2.24 bits per heavy atom. The molecule has 1 amide bonds. The van der Waals surface area contributed by atoms with Crippen LogP contribution >= 0.6 is 11.3 Å². The lowest BCUT2D eigenvalue weighted by atomic mass is 10.0. The first-order valence-electron chi connectivity index (χ1n) is 5.88. The molecule has 17 heavy (non-hydrogen) atoms. The predicted molar refractivity (Wildman–Crippen MR) is 71.4 cm³/mol. The van der Waals surface area contributed by atoms with Crippen LogP contribution in [0.1, 0.15) is 27.7 Å². The lowest BCUT2D eigenvalue weighted by Crippen LogP contribution is -2.31. The fraction of sp³-hybridized carbons (Fsp3) is 0.583. The second-order valence-corrected chi connectivity index (χ2v) is 5.70. The summed E-state index contributed by atoms with van der Waals surface area (Å²) in [7, 11) is 3.54. The second-order valence-electron chi connectivity index (χ2n) is 4.56. The van der Waals surface area contributed by atoms with Gasteiger partial charge >= 0.3 is 0 Å². The van der Waals surface area contributed by atoms with Crippen LogP contribution < -0.4 is 5.73 Å². The van der Waals surface area contributed by atoms with Crippen LogP contribution in [0.4, 0.5) is 5.00 Å². The summed E-state index contributed by atoms with van der Waals surface area (Å²) in [6.07, 6.45) is 0.936. The number of nitrogens with zero attached hydrogens (tertiary/aromatic N) is 2. The number of carbonyl (C=O) groups is 1. The summed E-state index contributed by atoms with van der Waals surface area (Å²) in [5, 5.41) is 0.673. The first-order valence-corrected chi connectivity index (χ1v) is 6.70. The molecule has 0 saturated carbocycles. The fourth-order valence-electron chi connectivity index (χ4n) is 2.21. The maximum absolute atomic E-state index is 12.1. The Morgan fingerprint density at radius 1 is 1.53 bits per heavy atom. The molecule has 1 aliphatic heterocycles. The van der Waals surface area contributed by atoms with Gasteiger partial charge in [-0.05, 0) is 18.5 Å². The van der Waals surface area contributed by atoms with Gasteiger partial charge < -0.3 is 10.6 Å². The zero-order valence-electron chi connectivity index (χ0n) is 10.6. The molecule has 0 radical (unpaired) electrons. The molecule has 2 N–H and O–H groups in total. The van der Waals surface area contributed by atoms with Crippen LogP contribution in [-0.2, 0) is 13.0 Å². The third-order valence-corrected chi connectivity index (χ3v) is 4.28. The van der Waals surface area contributed by atoms with Crippen LogP contribution in [0.2, 0.25) is 0 Å². The summed E-state index contributed by atoms with van der Waals surface area (Å²) in [5.74, 6) is 0.0324. The smallest absolute Gasteiger partial charge is 0.256 e. The third kappa shape index (κ3) is 2.17. The number of rotatable bonds is 2. The average Bonchev–Trinajstić information content (AvgIpc) is 2.62. The molecule has 0 aliphatic carbocycles. The van der Waals surface area contributed by atoms with E-state index in [-0.39, 0.29) is 5.91 Å². The molecule has 1 aromatic heterocycles. The van der Waals surface area contributed by atoms with Crippen LogP contribution in [0.5, 0.6) is 0 Å². The van der Waals surface area contributed by atoms with Crippen LogP contribution in [0.3, 0.4) is 0 Å². The molecule has 0 aromatic carbocycles. The van der Waals surface area contributed by atoms with Crippen LogP contribution in [-0.4, -0.2) is 42.9 Å². The van der Waals surface area contributed by atoms with E-state index in [1.54, 1.807) is 30.3 Å². The Bertz CT molecular complexity index is 439. The number of amides is 1. The van der Waals surface area contributed by atoms with Gasteiger partial charge in [0.05, 0.1) is 10.6 Å². The number of likely N-dealkylation sites (N-methyl/N-ethyl adjacent to an activating group) is 1. The Kier molecular flexibility index (Phi) is 3.40. The van der Waals surface area contributed by atoms with E-state index in [9.17, 15) is 4.79 Å². The van der Waals surface area contributed by atoms with Crippen molar-refractivity contribution >= 4 is 22.2 Å². The van der Waals surface area contributed by atoms with Crippen molar-refractivity contribution in [3.05, 3.63) is 16.0 Å². The number of hydrogen-bond acceptors (Lipinski definition) is 4. The van der Waals surface area contributed by atoms with E-state index >= 15 is 0 Å². The fourth-order valence-corrected chi connectivity index (χ4v) is 3.36. The maximum atomic E-state index is 12.1. The summed E-state index contributed by atoms with van der Waals surface area (Å²) in [5.41, 5.74) is 7.92. The van der Waals surface area contributed by atoms with Crippen molar-refractivity contribution in [1.82, 2.24) is 9.80 Å². The first-order chi connectivity index (χ1) is 8.04. The Hall–Kier alpha value is -1.07. The van der Waals surface area contributed by atoms with Gasteiger partial charge in [0.2, 0.25) is 0 Å². The molecular weight excluding hydrogens is 234 g/mol. The number of anilines is 1. The number of carbonyl (C=O) groups excluding carboxylic acids is 1. The van der Waals surface area contributed by atoms with Gasteiger partial charge in [0.25, 0.3) is 5.91 Å². The minimum absolute atomic E-state index is 0.0324. The summed E-state index contributed by atoms with van der Waals surface area (Å²) < 4.78 is 0. The van der Waals surface area contributed by atoms with E-state index in [2.05, 4.69) is 11.8 Å². The van der Waals surface area contributed by atoms with Gasteiger partial charge in [-0.2, -0.15) is 0 Å². The molecule has 5 heteroatoms. The van der Waals surface area contributed by atoms with Crippen molar-refractivity contribution in [2.45, 2.75) is 19.9 Å². The van der Waals surface area contributed by atoms with Gasteiger partial charge in [-0.1, -0.05) is 6.92 Å². The maximum Gasteiger partial charge on any atom is 0.256 e. The average molecular weight is 253 g/mol. The van der Waals surface area contributed by atoms with Crippen molar-refractivity contribution in [2.24, 2.45) is 0 Å². The summed E-state index contributed by atoms with van der Waals surface area (Å²) in [6, 6.07) is 0. The van der Waals surface area contributed by atoms with Crippen molar-refractivity contribution in [1.29, 1.82) is 0 Å². The number of thiophene rings is 1. The standard InChI is InChI=1S/C12H19N3OS/c1-4-15-6-5-8-9(7-15)17-11(13)10(8)12(16)14(2)3/h4-7,13H2,1-3H3. The highest BCUT2D eigenvalue weighted by Gasteiger charge is 2.26. The normalized spacial score (nSPS) is 15.7. The van der Waals surface area contributed by atoms with Crippen LogP contribution in [0, 0.1) is 0 Å². The lowest BCUT2D eigenvalue weighted by molar-refractivity contribution is 0.0827. The highest BCUT2D eigenvalue weighted by Crippen LogP contribution is 2.35. The summed E-state index contributed by atoms with van der Waals surface area (Å²) >= 11 is 1.57. The van der Waals surface area contributed by atoms with E-state index in [0.717, 1.165) is 31.6 Å². The van der Waals surface area contributed by atoms with E-state index in [4.69, 9.17) is 5.73 Å². The molecule has 1 aromatic rings. The van der Waals surface area contributed by atoms with E-state index in [0.29, 0.717) is 5.00 Å². The molecule has 2 rings (SSSR count). The minimum atomic E-state index is 0.0324. The first kappa shape index (κ1) is 12.4. The molecular formula is C12H19N3OS. The molecule has 0 unspecified atom stereocenters. The SMILES string of the molecule is CCN1CCc2c(sc(N)c2C(=O)N(C)C)C1. The Labute approximate surface area is 106 Å². The highest BCUT2D eigenvalue weighted by atomic mass is 32.1. The lowest BCUT2D eigenvalue weighted by Gasteiger charge is -2.25. The minimum Gasteiger partial charge on any atom is -0.390 e. The van der Waals surface area contributed by atoms with E-state index < -0.39 is 0 Å². The summed E-state index contributed by atoms with van der Waals surface area (Å²) in [6.45, 7) is 5.16. The molecule has 0 saturated heterocycles. The highest BCUT2D eigenvalue weighted by molar-refractivity contribution is 7.16. The number of fused-ring (bicyclic) bond motifs is 1. The molecule has 0 atom stereocenters. The van der Waals surface area contributed by atoms with Crippen LogP contribution in [0.25, 0.3) is 0 Å². The molecule has 0 fully saturated rings. The second kappa shape index (κ2) is 4.66. The monoisotopic (exact) mass is 253 g/mol. The van der Waals surface area contributed by atoms with Crippen molar-refractivity contribution in [3.8, 4) is 0 Å². The van der Waals surface area contributed by atoms with E-state index in [1.807, 2.05) is 0 Å². The van der Waals surface area contributed by atoms with Crippen molar-refractivity contribution < 1.29 is 4.79 Å². The van der Waals surface area contributed by atoms with Gasteiger partial charge in [-0.3, -0.25) is 9.69 Å². The summed E-state index contributed by atoms with van der Waals surface area (Å²) in [4.78, 5) is 17.3. The molecule has 0 bridgehead atoms. The Morgan fingerprint density at radius 3 is 2.82 bits per heavy atom. The van der Waals surface area contributed by atoms with Gasteiger partial charge in [-0.15, -0.1) is 11.3 Å². The largest absolute Gasteiger partial charge is 0.390 e. The number of nitrogen functional groups attached to an aromatic ring is 1. The van der Waals surface area contributed by atoms with Crippen LogP contribution in [0.15, 0.2) is 0 Å². The predicted octanol–water partition coefficient (Wildman–Crippen LogP) is 1.41. The molecule has 4 nitrogen and oxygen atoms in total. The quantitative estimate of drug-likeness (QED) is 0.867. The van der Waals surface area contributed by atoms with Gasteiger partial charge in [-0.25, -0.2) is 0 Å². The Balaban J connectivity index is 2.37. The topological polar surface area (TPSA) is 49.6 Å². The number of nitrogens with two attached hydrogens (primary N) is 1. The molecule has 1 aliphatic rings. The van der Waals surface area contributed by atoms with Crippen molar-refractivity contribution in [2.75, 3.05) is 32.9 Å².